The lowest BCUT2D eigenvalue weighted by molar-refractivity contribution is 0.412. The Morgan fingerprint density at radius 1 is 1.14 bits per heavy atom. The first-order valence-electron chi connectivity index (χ1n) is 6.40. The van der Waals surface area contributed by atoms with Crippen molar-refractivity contribution in [3.8, 4) is 22.7 Å². The average molecular weight is 301 g/mol. The molecule has 0 spiro atoms. The summed E-state index contributed by atoms with van der Waals surface area (Å²) in [6, 6.07) is 14.8. The van der Waals surface area contributed by atoms with Crippen LogP contribution in [0.5, 0.6) is 5.75 Å². The van der Waals surface area contributed by atoms with Gasteiger partial charge in [0.05, 0.1) is 18.5 Å². The predicted molar refractivity (Wildman–Crippen MR) is 83.4 cm³/mol. The number of methoxy groups -OCH3 is 1. The van der Waals surface area contributed by atoms with Crippen molar-refractivity contribution in [3.05, 3.63) is 70.2 Å². The van der Waals surface area contributed by atoms with Gasteiger partial charge in [-0.25, -0.2) is 4.79 Å². The normalized spacial score (nSPS) is 10.6. The van der Waals surface area contributed by atoms with E-state index in [-0.39, 0.29) is 5.69 Å². The highest BCUT2D eigenvalue weighted by Crippen LogP contribution is 2.29. The minimum Gasteiger partial charge on any atom is -0.495 e. The van der Waals surface area contributed by atoms with Crippen LogP contribution in [0.15, 0.2) is 59.5 Å². The molecular weight excluding hydrogens is 288 g/mol. The Hall–Kier alpha value is -2.46. The standard InChI is InChI=1S/C16H13ClN2O2/c1-21-15-8-7-12(17)9-13(15)19-14(10-18-16(19)20)11-5-3-2-4-6-11/h2-10H,1H3,(H,18,20). The van der Waals surface area contributed by atoms with E-state index in [1.165, 1.54) is 0 Å². The number of halogens is 1. The molecule has 0 radical (unpaired) electrons. The Morgan fingerprint density at radius 2 is 1.90 bits per heavy atom. The summed E-state index contributed by atoms with van der Waals surface area (Å²) in [5.41, 5.74) is 2.04. The van der Waals surface area contributed by atoms with Gasteiger partial charge in [0, 0.05) is 16.8 Å². The molecule has 0 saturated heterocycles. The van der Waals surface area contributed by atoms with E-state index in [1.807, 2.05) is 30.3 Å². The molecule has 0 unspecified atom stereocenters. The van der Waals surface area contributed by atoms with Gasteiger partial charge in [-0.15, -0.1) is 0 Å². The van der Waals surface area contributed by atoms with Gasteiger partial charge in [-0.05, 0) is 18.2 Å². The molecule has 5 heteroatoms. The van der Waals surface area contributed by atoms with Crippen LogP contribution < -0.4 is 10.4 Å². The highest BCUT2D eigenvalue weighted by Gasteiger charge is 2.14. The molecule has 0 amide bonds. The zero-order valence-corrected chi connectivity index (χ0v) is 12.1. The molecule has 1 N–H and O–H groups in total. The lowest BCUT2D eigenvalue weighted by atomic mass is 10.1. The summed E-state index contributed by atoms with van der Waals surface area (Å²) >= 11 is 6.06. The van der Waals surface area contributed by atoms with Gasteiger partial charge in [-0.1, -0.05) is 41.9 Å². The summed E-state index contributed by atoms with van der Waals surface area (Å²) < 4.78 is 6.89. The van der Waals surface area contributed by atoms with Crippen LogP contribution in [0.25, 0.3) is 16.9 Å². The maximum Gasteiger partial charge on any atom is 0.330 e. The van der Waals surface area contributed by atoms with Crippen LogP contribution in [-0.2, 0) is 0 Å². The molecule has 0 fully saturated rings. The van der Waals surface area contributed by atoms with Gasteiger partial charge in [0.1, 0.15) is 5.75 Å². The van der Waals surface area contributed by atoms with E-state index in [4.69, 9.17) is 16.3 Å². The van der Waals surface area contributed by atoms with Gasteiger partial charge in [0.2, 0.25) is 0 Å². The number of hydrogen-bond acceptors (Lipinski definition) is 2. The molecule has 21 heavy (non-hydrogen) atoms. The van der Waals surface area contributed by atoms with Crippen molar-refractivity contribution in [2.45, 2.75) is 0 Å². The quantitative estimate of drug-likeness (QED) is 0.805. The maximum absolute atomic E-state index is 12.2. The molecule has 0 bridgehead atoms. The number of aromatic amines is 1. The molecular formula is C16H13ClN2O2. The third-order valence-corrected chi connectivity index (χ3v) is 3.46. The minimum absolute atomic E-state index is 0.241. The first kappa shape index (κ1) is 13.5. The van der Waals surface area contributed by atoms with Crippen molar-refractivity contribution < 1.29 is 4.74 Å². The summed E-state index contributed by atoms with van der Waals surface area (Å²) in [7, 11) is 1.56. The van der Waals surface area contributed by atoms with E-state index in [1.54, 1.807) is 36.1 Å². The largest absolute Gasteiger partial charge is 0.495 e. The van der Waals surface area contributed by atoms with Crippen LogP contribution in [0.1, 0.15) is 0 Å². The van der Waals surface area contributed by atoms with Crippen molar-refractivity contribution in [1.29, 1.82) is 0 Å². The molecule has 2 aromatic carbocycles. The first-order valence-corrected chi connectivity index (χ1v) is 6.78. The van der Waals surface area contributed by atoms with Crippen LogP contribution in [0.2, 0.25) is 5.02 Å². The van der Waals surface area contributed by atoms with Crippen LogP contribution in [0.4, 0.5) is 0 Å². The number of imidazole rings is 1. The molecule has 3 aromatic rings. The van der Waals surface area contributed by atoms with Crippen molar-refractivity contribution in [2.75, 3.05) is 7.11 Å². The van der Waals surface area contributed by atoms with Crippen molar-refractivity contribution in [2.24, 2.45) is 0 Å². The van der Waals surface area contributed by atoms with E-state index in [9.17, 15) is 4.79 Å². The fourth-order valence-electron chi connectivity index (χ4n) is 2.27. The number of aromatic nitrogens is 2. The van der Waals surface area contributed by atoms with Gasteiger partial charge in [0.25, 0.3) is 0 Å². The van der Waals surface area contributed by atoms with E-state index >= 15 is 0 Å². The number of rotatable bonds is 3. The number of hydrogen-bond donors (Lipinski definition) is 1. The smallest absolute Gasteiger partial charge is 0.330 e. The van der Waals surface area contributed by atoms with E-state index < -0.39 is 0 Å². The monoisotopic (exact) mass is 300 g/mol. The second-order valence-electron chi connectivity index (χ2n) is 4.50. The molecule has 1 aromatic heterocycles. The second-order valence-corrected chi connectivity index (χ2v) is 4.93. The van der Waals surface area contributed by atoms with Crippen LogP contribution in [-0.4, -0.2) is 16.7 Å². The summed E-state index contributed by atoms with van der Waals surface area (Å²) in [6.45, 7) is 0. The molecule has 106 valence electrons. The summed E-state index contributed by atoms with van der Waals surface area (Å²) in [5.74, 6) is 0.582. The summed E-state index contributed by atoms with van der Waals surface area (Å²) in [5, 5.41) is 0.540. The zero-order chi connectivity index (χ0) is 14.8. The molecule has 0 atom stereocenters. The molecule has 0 aliphatic rings. The fraction of sp³-hybridized carbons (Fsp3) is 0.0625. The van der Waals surface area contributed by atoms with E-state index in [0.29, 0.717) is 16.5 Å². The van der Waals surface area contributed by atoms with Gasteiger partial charge < -0.3 is 9.72 Å². The lowest BCUT2D eigenvalue weighted by Crippen LogP contribution is -2.16. The van der Waals surface area contributed by atoms with Crippen molar-refractivity contribution in [3.63, 3.8) is 0 Å². The topological polar surface area (TPSA) is 47.0 Å². The van der Waals surface area contributed by atoms with Crippen LogP contribution >= 0.6 is 11.6 Å². The number of nitrogens with zero attached hydrogens (tertiary/aromatic N) is 1. The van der Waals surface area contributed by atoms with Gasteiger partial charge in [-0.2, -0.15) is 0 Å². The Balaban J connectivity index is 2.27. The van der Waals surface area contributed by atoms with Crippen molar-refractivity contribution >= 4 is 11.6 Å². The van der Waals surface area contributed by atoms with E-state index in [0.717, 1.165) is 11.3 Å². The highest BCUT2D eigenvalue weighted by molar-refractivity contribution is 6.30. The number of H-pyrrole nitrogens is 1. The van der Waals surface area contributed by atoms with Gasteiger partial charge >= 0.3 is 5.69 Å². The Morgan fingerprint density at radius 3 is 2.62 bits per heavy atom. The third-order valence-electron chi connectivity index (χ3n) is 3.23. The number of benzene rings is 2. The highest BCUT2D eigenvalue weighted by atomic mass is 35.5. The predicted octanol–water partition coefficient (Wildman–Crippen LogP) is 3.49. The molecule has 4 nitrogen and oxygen atoms in total. The zero-order valence-electron chi connectivity index (χ0n) is 11.3. The van der Waals surface area contributed by atoms with Crippen molar-refractivity contribution in [1.82, 2.24) is 9.55 Å². The lowest BCUT2D eigenvalue weighted by Gasteiger charge is -2.12. The van der Waals surface area contributed by atoms with E-state index in [2.05, 4.69) is 4.98 Å². The maximum atomic E-state index is 12.2. The first-order chi connectivity index (χ1) is 10.2. The molecule has 0 saturated carbocycles. The van der Waals surface area contributed by atoms with Gasteiger partial charge in [0.15, 0.2) is 0 Å². The van der Waals surface area contributed by atoms with Gasteiger partial charge in [-0.3, -0.25) is 4.57 Å². The molecule has 0 aliphatic carbocycles. The molecule has 1 heterocycles. The Labute approximate surface area is 126 Å². The second kappa shape index (κ2) is 5.50. The third kappa shape index (κ3) is 2.45. The summed E-state index contributed by atoms with van der Waals surface area (Å²) in [6.07, 6.45) is 1.68. The number of ether oxygens (including phenoxy) is 1. The SMILES string of the molecule is COc1ccc(Cl)cc1-n1c(-c2ccccc2)c[nH]c1=O. The minimum atomic E-state index is -0.241. The molecule has 3 rings (SSSR count). The molecule has 0 aliphatic heterocycles. The fourth-order valence-corrected chi connectivity index (χ4v) is 2.43. The van der Waals surface area contributed by atoms with Crippen LogP contribution in [0.3, 0.4) is 0 Å². The Bertz CT molecular complexity index is 822. The average Bonchev–Trinajstić information content (AvgIpc) is 2.89. The number of nitrogens with one attached hydrogen (secondary N) is 1. The van der Waals surface area contributed by atoms with Crippen LogP contribution in [0, 0.1) is 0 Å². The summed E-state index contributed by atoms with van der Waals surface area (Å²) in [4.78, 5) is 14.9. The Kier molecular flexibility index (Phi) is 3.54.